The highest BCUT2D eigenvalue weighted by Gasteiger charge is 2.17. The lowest BCUT2D eigenvalue weighted by atomic mass is 10.3. The van der Waals surface area contributed by atoms with E-state index in [2.05, 4.69) is 22.2 Å². The molecule has 0 saturated heterocycles. The number of ether oxygens (including phenoxy) is 3. The van der Waals surface area contributed by atoms with Gasteiger partial charge in [0.25, 0.3) is 5.91 Å². The van der Waals surface area contributed by atoms with Crippen molar-refractivity contribution in [2.75, 3.05) is 17.4 Å². The van der Waals surface area contributed by atoms with Gasteiger partial charge in [-0.05, 0) is 36.4 Å². The van der Waals surface area contributed by atoms with Gasteiger partial charge in [-0.25, -0.2) is 9.37 Å². The second-order valence-electron chi connectivity index (χ2n) is 6.37. The predicted octanol–water partition coefficient (Wildman–Crippen LogP) is 3.72. The summed E-state index contributed by atoms with van der Waals surface area (Å²) in [4.78, 5) is 28.6. The van der Waals surface area contributed by atoms with Crippen LogP contribution in [-0.2, 0) is 16.0 Å². The lowest BCUT2D eigenvalue weighted by Gasteiger charge is -2.08. The Morgan fingerprint density at radius 1 is 1.13 bits per heavy atom. The molecular weight excluding hydrogens is 425 g/mol. The Bertz CT molecular complexity index is 1150. The van der Waals surface area contributed by atoms with Crippen molar-refractivity contribution in [3.8, 4) is 17.2 Å². The number of hydrogen-bond acceptors (Lipinski definition) is 7. The van der Waals surface area contributed by atoms with Crippen LogP contribution in [0.2, 0.25) is 0 Å². The molecule has 8 nitrogen and oxygen atoms in total. The molecule has 2 heterocycles. The van der Waals surface area contributed by atoms with Crippen LogP contribution in [0.1, 0.15) is 5.69 Å². The van der Waals surface area contributed by atoms with Gasteiger partial charge in [0.1, 0.15) is 11.6 Å². The van der Waals surface area contributed by atoms with Crippen LogP contribution in [0.15, 0.2) is 60.2 Å². The fourth-order valence-corrected chi connectivity index (χ4v) is 3.35. The smallest absolute Gasteiger partial charge is 0.292 e. The number of thiazole rings is 1. The molecule has 1 aromatic heterocycles. The van der Waals surface area contributed by atoms with Gasteiger partial charge in [-0.3, -0.25) is 14.9 Å². The molecule has 158 valence electrons. The number of amides is 2. The second kappa shape index (κ2) is 8.84. The van der Waals surface area contributed by atoms with Crippen LogP contribution in [0.5, 0.6) is 17.2 Å². The maximum absolute atomic E-state index is 12.9. The molecule has 31 heavy (non-hydrogen) atoms. The summed E-state index contributed by atoms with van der Waals surface area (Å²) in [6.07, 6.45) is -0.00160. The molecule has 1 aliphatic rings. The number of carbonyl (C=O) groups is 2. The van der Waals surface area contributed by atoms with Crippen molar-refractivity contribution >= 4 is 34.0 Å². The highest BCUT2D eigenvalue weighted by molar-refractivity contribution is 7.14. The largest absolute Gasteiger partial charge is 0.454 e. The summed E-state index contributed by atoms with van der Waals surface area (Å²) in [5, 5.41) is 7.18. The molecule has 0 radical (unpaired) electrons. The summed E-state index contributed by atoms with van der Waals surface area (Å²) in [5.74, 6) is 0.0865. The molecule has 0 bridgehead atoms. The molecular formula is C21H16FN3O5S. The lowest BCUT2D eigenvalue weighted by molar-refractivity contribution is -0.116. The topological polar surface area (TPSA) is 98.8 Å². The molecule has 0 unspecified atom stereocenters. The molecule has 2 N–H and O–H groups in total. The number of nitrogens with one attached hydrogen (secondary N) is 2. The maximum atomic E-state index is 12.9. The Morgan fingerprint density at radius 3 is 2.71 bits per heavy atom. The van der Waals surface area contributed by atoms with E-state index in [1.165, 1.54) is 24.3 Å². The first-order valence-corrected chi connectivity index (χ1v) is 9.92. The Labute approximate surface area is 180 Å². The summed E-state index contributed by atoms with van der Waals surface area (Å²) in [5.41, 5.74) is 0.953. The van der Waals surface area contributed by atoms with Crippen molar-refractivity contribution < 1.29 is 28.2 Å². The van der Waals surface area contributed by atoms with Crippen molar-refractivity contribution in [1.29, 1.82) is 0 Å². The van der Waals surface area contributed by atoms with Gasteiger partial charge in [-0.2, -0.15) is 0 Å². The minimum atomic E-state index is -0.575. The fraction of sp³-hybridized carbons (Fsp3) is 0.0952. The Balaban J connectivity index is 1.29. The van der Waals surface area contributed by atoms with Crippen molar-refractivity contribution in [2.45, 2.75) is 6.42 Å². The molecule has 0 spiro atoms. The number of fused-ring (bicyclic) bond motifs is 1. The third-order valence-corrected chi connectivity index (χ3v) is 4.89. The van der Waals surface area contributed by atoms with E-state index < -0.39 is 5.91 Å². The Kier molecular flexibility index (Phi) is 5.80. The van der Waals surface area contributed by atoms with Crippen LogP contribution >= 0.6 is 11.3 Å². The molecule has 2 aromatic carbocycles. The van der Waals surface area contributed by atoms with Crippen LogP contribution in [0.4, 0.5) is 15.2 Å². The van der Waals surface area contributed by atoms with Crippen LogP contribution < -0.4 is 24.8 Å². The van der Waals surface area contributed by atoms with Gasteiger partial charge in [-0.15, -0.1) is 11.3 Å². The maximum Gasteiger partial charge on any atom is 0.292 e. The molecule has 10 heteroatoms. The standard InChI is InChI=1S/C21H16FN3O5S/c1-12(30-16-6-7-17-18(9-16)29-11-28-17)20(27)25-21-24-15(10-31-21)8-19(26)23-14-4-2-13(22)3-5-14/h2-7,9-10H,1,8,11H2,(H,23,26)(H,24,25,27). The fourth-order valence-electron chi connectivity index (χ4n) is 2.64. The third-order valence-electron chi connectivity index (χ3n) is 4.08. The third kappa shape index (κ3) is 5.17. The van der Waals surface area contributed by atoms with Gasteiger partial charge < -0.3 is 19.5 Å². The monoisotopic (exact) mass is 441 g/mol. The number of nitrogens with zero attached hydrogens (tertiary/aromatic N) is 1. The first kappa shape index (κ1) is 20.4. The number of aromatic nitrogens is 1. The van der Waals surface area contributed by atoms with Crippen molar-refractivity contribution in [1.82, 2.24) is 4.98 Å². The van der Waals surface area contributed by atoms with Crippen LogP contribution in [-0.4, -0.2) is 23.6 Å². The summed E-state index contributed by atoms with van der Waals surface area (Å²) in [7, 11) is 0. The summed E-state index contributed by atoms with van der Waals surface area (Å²) in [6.45, 7) is 3.76. The molecule has 1 aliphatic heterocycles. The van der Waals surface area contributed by atoms with E-state index >= 15 is 0 Å². The Morgan fingerprint density at radius 2 is 1.90 bits per heavy atom. The molecule has 0 aliphatic carbocycles. The molecule has 4 rings (SSSR count). The average molecular weight is 441 g/mol. The predicted molar refractivity (Wildman–Crippen MR) is 112 cm³/mol. The van der Waals surface area contributed by atoms with E-state index in [4.69, 9.17) is 14.2 Å². The van der Waals surface area contributed by atoms with Gasteiger partial charge in [0.15, 0.2) is 22.4 Å². The SMILES string of the molecule is C=C(Oc1ccc2c(c1)OCO2)C(=O)Nc1nc(CC(=O)Nc2ccc(F)cc2)cs1. The van der Waals surface area contributed by atoms with E-state index in [-0.39, 0.29) is 30.7 Å². The van der Waals surface area contributed by atoms with Gasteiger partial charge in [0, 0.05) is 17.1 Å². The van der Waals surface area contributed by atoms with Gasteiger partial charge in [0.2, 0.25) is 12.7 Å². The van der Waals surface area contributed by atoms with Crippen molar-refractivity contribution in [3.05, 3.63) is 71.7 Å². The van der Waals surface area contributed by atoms with E-state index in [1.54, 1.807) is 23.6 Å². The lowest BCUT2D eigenvalue weighted by Crippen LogP contribution is -2.17. The number of anilines is 2. The first-order chi connectivity index (χ1) is 15.0. The highest BCUT2D eigenvalue weighted by Crippen LogP contribution is 2.35. The van der Waals surface area contributed by atoms with Crippen LogP contribution in [0, 0.1) is 5.82 Å². The van der Waals surface area contributed by atoms with Gasteiger partial charge in [-0.1, -0.05) is 6.58 Å². The Hall–Kier alpha value is -3.92. The minimum absolute atomic E-state index is 0.00160. The molecule has 3 aromatic rings. The number of benzene rings is 2. The number of rotatable bonds is 7. The molecule has 2 amide bonds. The normalized spacial score (nSPS) is 11.6. The van der Waals surface area contributed by atoms with Crippen molar-refractivity contribution in [2.24, 2.45) is 0 Å². The molecule has 0 atom stereocenters. The highest BCUT2D eigenvalue weighted by atomic mass is 32.1. The summed E-state index contributed by atoms with van der Waals surface area (Å²) >= 11 is 1.16. The molecule has 0 fully saturated rings. The second-order valence-corrected chi connectivity index (χ2v) is 7.23. The number of hydrogen-bond donors (Lipinski definition) is 2. The first-order valence-electron chi connectivity index (χ1n) is 9.04. The summed E-state index contributed by atoms with van der Waals surface area (Å²) in [6, 6.07) is 10.3. The summed E-state index contributed by atoms with van der Waals surface area (Å²) < 4.78 is 28.9. The molecule has 0 saturated carbocycles. The van der Waals surface area contributed by atoms with Gasteiger partial charge >= 0.3 is 0 Å². The zero-order valence-electron chi connectivity index (χ0n) is 16.0. The van der Waals surface area contributed by atoms with Gasteiger partial charge in [0.05, 0.1) is 12.1 Å². The zero-order valence-corrected chi connectivity index (χ0v) is 16.8. The van der Waals surface area contributed by atoms with Crippen LogP contribution in [0.25, 0.3) is 0 Å². The quantitative estimate of drug-likeness (QED) is 0.428. The zero-order chi connectivity index (χ0) is 21.8. The van der Waals surface area contributed by atoms with E-state index in [0.29, 0.717) is 33.8 Å². The van der Waals surface area contributed by atoms with E-state index in [9.17, 15) is 14.0 Å². The average Bonchev–Trinajstić information content (AvgIpc) is 3.38. The minimum Gasteiger partial charge on any atom is -0.454 e. The van der Waals surface area contributed by atoms with E-state index in [0.717, 1.165) is 11.3 Å². The van der Waals surface area contributed by atoms with Crippen LogP contribution in [0.3, 0.4) is 0 Å². The van der Waals surface area contributed by atoms with E-state index in [1.807, 2.05) is 0 Å². The number of carbonyl (C=O) groups excluding carboxylic acids is 2. The van der Waals surface area contributed by atoms with Crippen molar-refractivity contribution in [3.63, 3.8) is 0 Å². The number of halogens is 1.